The van der Waals surface area contributed by atoms with E-state index in [2.05, 4.69) is 5.32 Å². The molecule has 2 saturated heterocycles. The van der Waals surface area contributed by atoms with E-state index in [0.717, 1.165) is 32.6 Å². The van der Waals surface area contributed by atoms with Gasteiger partial charge in [-0.15, -0.1) is 12.4 Å². The number of amides is 1. The summed E-state index contributed by atoms with van der Waals surface area (Å²) < 4.78 is 0. The van der Waals surface area contributed by atoms with E-state index >= 15 is 0 Å². The van der Waals surface area contributed by atoms with Crippen molar-refractivity contribution in [1.29, 1.82) is 0 Å². The fraction of sp³-hybridized carbons (Fsp3) is 0.500. The van der Waals surface area contributed by atoms with E-state index in [4.69, 9.17) is 23.2 Å². The minimum absolute atomic E-state index is 0. The van der Waals surface area contributed by atoms with Crippen LogP contribution in [0, 0.1) is 11.8 Å². The lowest BCUT2D eigenvalue weighted by molar-refractivity contribution is 0.0643. The number of rotatable bonds is 1. The molecule has 1 aromatic carbocycles. The zero-order valence-corrected chi connectivity index (χ0v) is 13.3. The van der Waals surface area contributed by atoms with E-state index in [1.54, 1.807) is 18.2 Å². The smallest absolute Gasteiger partial charge is 0.256 e. The van der Waals surface area contributed by atoms with Crippen LogP contribution in [0.25, 0.3) is 0 Å². The Morgan fingerprint density at radius 1 is 1.20 bits per heavy atom. The summed E-state index contributed by atoms with van der Waals surface area (Å²) in [7, 11) is 0. The lowest BCUT2D eigenvalue weighted by Gasteiger charge is -2.34. The number of benzene rings is 1. The molecule has 2 heterocycles. The van der Waals surface area contributed by atoms with Crippen LogP contribution in [0.15, 0.2) is 18.2 Å². The summed E-state index contributed by atoms with van der Waals surface area (Å²) in [5.41, 5.74) is 0.440. The van der Waals surface area contributed by atoms with Crippen molar-refractivity contribution in [3.05, 3.63) is 33.8 Å². The number of fused-ring (bicyclic) bond motifs is 1. The molecule has 1 aromatic rings. The molecule has 20 heavy (non-hydrogen) atoms. The lowest BCUT2D eigenvalue weighted by Crippen LogP contribution is -2.43. The number of halogens is 3. The van der Waals surface area contributed by atoms with Gasteiger partial charge >= 0.3 is 0 Å². The molecule has 3 nitrogen and oxygen atoms in total. The Bertz CT molecular complexity index is 489. The van der Waals surface area contributed by atoms with E-state index < -0.39 is 0 Å². The fourth-order valence-electron chi connectivity index (χ4n) is 3.08. The predicted molar refractivity (Wildman–Crippen MR) is 84.1 cm³/mol. The topological polar surface area (TPSA) is 32.3 Å². The van der Waals surface area contributed by atoms with Crippen LogP contribution in [-0.2, 0) is 0 Å². The molecule has 1 amide bonds. The molecule has 0 bridgehead atoms. The Morgan fingerprint density at radius 2 is 1.85 bits per heavy atom. The molecule has 1 N–H and O–H groups in total. The molecule has 0 aromatic heterocycles. The maximum Gasteiger partial charge on any atom is 0.256 e. The molecule has 3 rings (SSSR count). The second kappa shape index (κ2) is 6.52. The molecule has 2 fully saturated rings. The van der Waals surface area contributed by atoms with Crippen molar-refractivity contribution in [2.75, 3.05) is 26.2 Å². The van der Waals surface area contributed by atoms with Crippen LogP contribution in [0.1, 0.15) is 16.8 Å². The number of carbonyl (C=O) groups excluding carboxylic acids is 1. The minimum Gasteiger partial charge on any atom is -0.338 e. The number of hydrogen-bond donors (Lipinski definition) is 1. The van der Waals surface area contributed by atoms with Crippen molar-refractivity contribution in [1.82, 2.24) is 10.2 Å². The van der Waals surface area contributed by atoms with Crippen LogP contribution in [0.3, 0.4) is 0 Å². The average molecular weight is 336 g/mol. The molecule has 2 aliphatic heterocycles. The van der Waals surface area contributed by atoms with Crippen molar-refractivity contribution in [2.24, 2.45) is 11.8 Å². The van der Waals surface area contributed by atoms with Crippen molar-refractivity contribution in [3.8, 4) is 0 Å². The first kappa shape index (κ1) is 15.9. The summed E-state index contributed by atoms with van der Waals surface area (Å²) in [6.07, 6.45) is 1.06. The number of carbonyl (C=O) groups is 1. The molecular formula is C14H17Cl3N2O. The maximum atomic E-state index is 12.6. The van der Waals surface area contributed by atoms with Crippen molar-refractivity contribution < 1.29 is 4.79 Å². The molecule has 2 unspecified atom stereocenters. The second-order valence-corrected chi connectivity index (χ2v) is 6.13. The Hall–Kier alpha value is -0.480. The Labute approximate surface area is 135 Å². The van der Waals surface area contributed by atoms with Gasteiger partial charge in [0, 0.05) is 13.1 Å². The van der Waals surface area contributed by atoms with Gasteiger partial charge in [-0.25, -0.2) is 0 Å². The third-order valence-corrected chi connectivity index (χ3v) is 4.80. The van der Waals surface area contributed by atoms with Crippen LogP contribution < -0.4 is 5.32 Å². The first-order valence-corrected chi connectivity index (χ1v) is 7.36. The number of likely N-dealkylation sites (tertiary alicyclic amines) is 1. The van der Waals surface area contributed by atoms with Gasteiger partial charge in [0.05, 0.1) is 15.6 Å². The van der Waals surface area contributed by atoms with Gasteiger partial charge in [-0.3, -0.25) is 4.79 Å². The van der Waals surface area contributed by atoms with Gasteiger partial charge in [0.15, 0.2) is 0 Å². The second-order valence-electron chi connectivity index (χ2n) is 5.31. The SMILES string of the molecule is Cl.O=C(c1c(Cl)cccc1Cl)N1CCC2CNCC2C1. The predicted octanol–water partition coefficient (Wildman–Crippen LogP) is 3.10. The van der Waals surface area contributed by atoms with Crippen molar-refractivity contribution >= 4 is 41.5 Å². The molecule has 0 spiro atoms. The molecule has 0 aliphatic carbocycles. The molecule has 110 valence electrons. The van der Waals surface area contributed by atoms with Gasteiger partial charge < -0.3 is 10.2 Å². The molecule has 0 saturated carbocycles. The molecular weight excluding hydrogens is 319 g/mol. The largest absolute Gasteiger partial charge is 0.338 e. The van der Waals surface area contributed by atoms with Gasteiger partial charge in [0.2, 0.25) is 0 Å². The van der Waals surface area contributed by atoms with Gasteiger partial charge in [-0.2, -0.15) is 0 Å². The minimum atomic E-state index is -0.0408. The first-order chi connectivity index (χ1) is 9.16. The lowest BCUT2D eigenvalue weighted by atomic mass is 9.88. The van der Waals surface area contributed by atoms with E-state index in [0.29, 0.717) is 27.4 Å². The van der Waals surface area contributed by atoms with Gasteiger partial charge in [-0.05, 0) is 43.5 Å². The van der Waals surface area contributed by atoms with Gasteiger partial charge in [0.1, 0.15) is 0 Å². The summed E-state index contributed by atoms with van der Waals surface area (Å²) in [5.74, 6) is 1.24. The highest BCUT2D eigenvalue weighted by Gasteiger charge is 2.35. The normalized spacial score (nSPS) is 25.0. The quantitative estimate of drug-likeness (QED) is 0.855. The van der Waals surface area contributed by atoms with Gasteiger partial charge in [-0.1, -0.05) is 29.3 Å². The van der Waals surface area contributed by atoms with E-state index in [1.807, 2.05) is 4.90 Å². The standard InChI is InChI=1S/C14H16Cl2N2O.ClH/c15-11-2-1-3-12(16)13(11)14(19)18-5-4-9-6-17-7-10(9)8-18;/h1-3,9-10,17H,4-8H2;1H. The Balaban J connectivity index is 0.00000147. The van der Waals surface area contributed by atoms with Gasteiger partial charge in [0.25, 0.3) is 5.91 Å². The van der Waals surface area contributed by atoms with E-state index in [-0.39, 0.29) is 18.3 Å². The number of piperidine rings is 1. The zero-order valence-electron chi connectivity index (χ0n) is 10.9. The third kappa shape index (κ3) is 2.91. The van der Waals surface area contributed by atoms with Crippen molar-refractivity contribution in [3.63, 3.8) is 0 Å². The summed E-state index contributed by atoms with van der Waals surface area (Å²) in [6, 6.07) is 5.18. The maximum absolute atomic E-state index is 12.6. The van der Waals surface area contributed by atoms with Crippen LogP contribution >= 0.6 is 35.6 Å². The molecule has 2 aliphatic rings. The Kier molecular flexibility index (Phi) is 5.19. The van der Waals surface area contributed by atoms with E-state index in [1.165, 1.54) is 0 Å². The zero-order chi connectivity index (χ0) is 13.4. The number of nitrogens with one attached hydrogen (secondary N) is 1. The van der Waals surface area contributed by atoms with Crippen molar-refractivity contribution in [2.45, 2.75) is 6.42 Å². The monoisotopic (exact) mass is 334 g/mol. The van der Waals surface area contributed by atoms with Crippen LogP contribution in [0.5, 0.6) is 0 Å². The van der Waals surface area contributed by atoms with Crippen LogP contribution in [0.4, 0.5) is 0 Å². The average Bonchev–Trinajstić information content (AvgIpc) is 2.85. The molecule has 0 radical (unpaired) electrons. The van der Waals surface area contributed by atoms with E-state index in [9.17, 15) is 4.79 Å². The summed E-state index contributed by atoms with van der Waals surface area (Å²) in [4.78, 5) is 14.5. The highest BCUT2D eigenvalue weighted by atomic mass is 35.5. The summed E-state index contributed by atoms with van der Waals surface area (Å²) in [5, 5.41) is 4.27. The third-order valence-electron chi connectivity index (χ3n) is 4.17. The molecule has 6 heteroatoms. The fourth-order valence-corrected chi connectivity index (χ4v) is 3.64. The van der Waals surface area contributed by atoms with Crippen LogP contribution in [0.2, 0.25) is 10.0 Å². The van der Waals surface area contributed by atoms with Crippen LogP contribution in [-0.4, -0.2) is 37.0 Å². The number of nitrogens with zero attached hydrogens (tertiary/aromatic N) is 1. The summed E-state index contributed by atoms with van der Waals surface area (Å²) in [6.45, 7) is 3.69. The number of hydrogen-bond acceptors (Lipinski definition) is 2. The molecule has 2 atom stereocenters. The Morgan fingerprint density at radius 3 is 2.55 bits per heavy atom. The highest BCUT2D eigenvalue weighted by molar-refractivity contribution is 6.39. The summed E-state index contributed by atoms with van der Waals surface area (Å²) >= 11 is 12.2. The highest BCUT2D eigenvalue weighted by Crippen LogP contribution is 2.30. The first-order valence-electron chi connectivity index (χ1n) is 6.61.